The standard InChI is InChI=1S/C41H41ClFN7O8/c1-41(2,3)58-39(51)49-25-11-12-26(49)20-48(19-25)37-31-18-44-35(30-9-5-7-23-8-6-10-32(42)33(23)30)34(43)36(31)45-38(46-37)55-22-27-17-29(21-47(27)4)57-40(52)56-28-15-13-24(14-16-28)50(53)54/h5-10,13-16,18,25-27,29H,11-12,17,19-22H2,1-4H3/t25?,26?,27-,29+/m0/s1. The van der Waals surface area contributed by atoms with E-state index in [4.69, 9.17) is 35.5 Å². The molecule has 0 spiro atoms. The van der Waals surface area contributed by atoms with Crippen molar-refractivity contribution in [2.75, 3.05) is 38.2 Å². The highest BCUT2D eigenvalue weighted by Gasteiger charge is 2.45. The molecule has 3 aliphatic heterocycles. The van der Waals surface area contributed by atoms with Gasteiger partial charge in [0.05, 0.1) is 22.4 Å². The number of pyridine rings is 1. The zero-order valence-electron chi connectivity index (χ0n) is 32.3. The number of hydrogen-bond acceptors (Lipinski definition) is 13. The Balaban J connectivity index is 1.06. The van der Waals surface area contributed by atoms with Crippen molar-refractivity contribution in [2.24, 2.45) is 0 Å². The number of benzene rings is 3. The quantitative estimate of drug-likeness (QED) is 0.0646. The number of nitro benzene ring substituents is 1. The second-order valence-corrected chi connectivity index (χ2v) is 16.2. The lowest BCUT2D eigenvalue weighted by molar-refractivity contribution is -0.384. The van der Waals surface area contributed by atoms with Crippen LogP contribution in [0.2, 0.25) is 5.02 Å². The Labute approximate surface area is 337 Å². The van der Waals surface area contributed by atoms with E-state index in [9.17, 15) is 19.7 Å². The third kappa shape index (κ3) is 7.85. The maximum Gasteiger partial charge on any atom is 0.514 e. The van der Waals surface area contributed by atoms with Crippen molar-refractivity contribution in [3.05, 3.63) is 87.8 Å². The normalized spacial score (nSPS) is 20.7. The summed E-state index contributed by atoms with van der Waals surface area (Å²) >= 11 is 6.64. The molecule has 4 atom stereocenters. The van der Waals surface area contributed by atoms with Gasteiger partial charge in [0, 0.05) is 66.4 Å². The minimum Gasteiger partial charge on any atom is -0.462 e. The van der Waals surface area contributed by atoms with Crippen LogP contribution in [0.4, 0.5) is 25.5 Å². The first kappa shape index (κ1) is 39.0. The van der Waals surface area contributed by atoms with E-state index in [1.165, 1.54) is 24.3 Å². The van der Waals surface area contributed by atoms with Crippen LogP contribution in [-0.2, 0) is 9.47 Å². The molecule has 5 heterocycles. The molecule has 1 amide bonds. The van der Waals surface area contributed by atoms with E-state index in [1.54, 1.807) is 18.3 Å². The van der Waals surface area contributed by atoms with Gasteiger partial charge in [-0.2, -0.15) is 9.97 Å². The minimum atomic E-state index is -0.940. The molecule has 2 aromatic heterocycles. The first-order chi connectivity index (χ1) is 27.7. The molecule has 15 nitrogen and oxygen atoms in total. The molecule has 8 rings (SSSR count). The summed E-state index contributed by atoms with van der Waals surface area (Å²) in [6, 6.07) is 15.5. The molecule has 3 saturated heterocycles. The van der Waals surface area contributed by atoms with Crippen LogP contribution < -0.4 is 14.4 Å². The molecule has 3 aromatic carbocycles. The lowest BCUT2D eigenvalue weighted by Crippen LogP contribution is -2.57. The molecule has 58 heavy (non-hydrogen) atoms. The summed E-state index contributed by atoms with van der Waals surface area (Å²) in [6.45, 7) is 6.87. The summed E-state index contributed by atoms with van der Waals surface area (Å²) in [4.78, 5) is 56.2. The number of piperazine rings is 1. The number of fused-ring (bicyclic) bond motifs is 4. The van der Waals surface area contributed by atoms with Crippen LogP contribution in [0, 0.1) is 15.9 Å². The number of likely N-dealkylation sites (N-methyl/N-ethyl adjacent to an activating group) is 1. The molecule has 302 valence electrons. The van der Waals surface area contributed by atoms with Gasteiger partial charge in [-0.1, -0.05) is 41.9 Å². The average Bonchev–Trinajstić information content (AvgIpc) is 3.66. The molecule has 3 aliphatic rings. The smallest absolute Gasteiger partial charge is 0.462 e. The van der Waals surface area contributed by atoms with Crippen molar-refractivity contribution in [1.82, 2.24) is 24.8 Å². The summed E-state index contributed by atoms with van der Waals surface area (Å²) in [7, 11) is 1.86. The number of non-ortho nitro benzene ring substituents is 1. The van der Waals surface area contributed by atoms with Crippen molar-refractivity contribution in [2.45, 2.75) is 69.9 Å². The summed E-state index contributed by atoms with van der Waals surface area (Å²) in [5.41, 5.74) is -0.166. The van der Waals surface area contributed by atoms with Gasteiger partial charge < -0.3 is 23.8 Å². The Hall–Kier alpha value is -5.87. The molecule has 3 fully saturated rings. The average molecular weight is 814 g/mol. The van der Waals surface area contributed by atoms with Gasteiger partial charge in [0.15, 0.2) is 5.82 Å². The Morgan fingerprint density at radius 2 is 1.71 bits per heavy atom. The van der Waals surface area contributed by atoms with Crippen LogP contribution in [0.1, 0.15) is 40.0 Å². The monoisotopic (exact) mass is 813 g/mol. The molecule has 5 aromatic rings. The maximum absolute atomic E-state index is 17.0. The molecular weight excluding hydrogens is 773 g/mol. The summed E-state index contributed by atoms with van der Waals surface area (Å²) in [5, 5.41) is 13.3. The number of amides is 1. The van der Waals surface area contributed by atoms with Gasteiger partial charge in [-0.3, -0.25) is 24.9 Å². The number of carbonyl (C=O) groups excluding carboxylic acids is 2. The molecule has 0 N–H and O–H groups in total. The number of nitro groups is 1. The van der Waals surface area contributed by atoms with Crippen LogP contribution in [0.25, 0.3) is 32.9 Å². The fourth-order valence-corrected chi connectivity index (χ4v) is 8.35. The van der Waals surface area contributed by atoms with Gasteiger partial charge in [-0.05, 0) is 64.2 Å². The summed E-state index contributed by atoms with van der Waals surface area (Å²) in [5.74, 6) is -0.115. The van der Waals surface area contributed by atoms with Crippen LogP contribution in [-0.4, -0.2) is 105 Å². The zero-order valence-corrected chi connectivity index (χ0v) is 33.0. The Kier molecular flexibility index (Phi) is 10.4. The number of anilines is 1. The maximum atomic E-state index is 17.0. The number of hydrogen-bond donors (Lipinski definition) is 0. The third-order valence-corrected chi connectivity index (χ3v) is 11.0. The van der Waals surface area contributed by atoms with E-state index in [0.717, 1.165) is 18.2 Å². The predicted molar refractivity (Wildman–Crippen MR) is 213 cm³/mol. The van der Waals surface area contributed by atoms with E-state index >= 15 is 4.39 Å². The second kappa shape index (κ2) is 15.5. The molecular formula is C41H41ClFN7O8. The van der Waals surface area contributed by atoms with Gasteiger partial charge in [0.25, 0.3) is 5.69 Å². The number of rotatable bonds is 8. The van der Waals surface area contributed by atoms with Gasteiger partial charge >= 0.3 is 18.3 Å². The lowest BCUT2D eigenvalue weighted by atomic mass is 10.0. The molecule has 0 aliphatic carbocycles. The molecule has 2 unspecified atom stereocenters. The first-order valence-electron chi connectivity index (χ1n) is 19.0. The van der Waals surface area contributed by atoms with E-state index in [1.807, 2.05) is 66.8 Å². The largest absolute Gasteiger partial charge is 0.514 e. The predicted octanol–water partition coefficient (Wildman–Crippen LogP) is 7.80. The van der Waals surface area contributed by atoms with Gasteiger partial charge in [0.2, 0.25) is 0 Å². The number of halogens is 2. The molecule has 0 saturated carbocycles. The van der Waals surface area contributed by atoms with Crippen molar-refractivity contribution in [1.29, 1.82) is 0 Å². The number of nitrogens with zero attached hydrogens (tertiary/aromatic N) is 7. The van der Waals surface area contributed by atoms with Crippen molar-refractivity contribution in [3.8, 4) is 23.0 Å². The summed E-state index contributed by atoms with van der Waals surface area (Å²) in [6.07, 6.45) is 1.70. The van der Waals surface area contributed by atoms with Crippen molar-refractivity contribution >= 4 is 57.0 Å². The third-order valence-electron chi connectivity index (χ3n) is 10.7. The highest BCUT2D eigenvalue weighted by Crippen LogP contribution is 2.40. The highest BCUT2D eigenvalue weighted by molar-refractivity contribution is 6.36. The Morgan fingerprint density at radius 1 is 1.00 bits per heavy atom. The number of likely N-dealkylation sites (tertiary alicyclic amines) is 1. The zero-order chi connectivity index (χ0) is 40.9. The van der Waals surface area contributed by atoms with Crippen LogP contribution >= 0.6 is 11.6 Å². The van der Waals surface area contributed by atoms with E-state index in [0.29, 0.717) is 53.2 Å². The number of ether oxygens (including phenoxy) is 4. The van der Waals surface area contributed by atoms with E-state index in [-0.39, 0.29) is 59.5 Å². The number of carbonyl (C=O) groups is 2. The lowest BCUT2D eigenvalue weighted by Gasteiger charge is -2.42. The number of aromatic nitrogens is 3. The van der Waals surface area contributed by atoms with Crippen LogP contribution in [0.3, 0.4) is 0 Å². The van der Waals surface area contributed by atoms with Crippen LogP contribution in [0.15, 0.2) is 66.9 Å². The Bertz CT molecular complexity index is 2400. The van der Waals surface area contributed by atoms with Gasteiger partial charge in [-0.15, -0.1) is 0 Å². The van der Waals surface area contributed by atoms with Crippen molar-refractivity contribution in [3.63, 3.8) is 0 Å². The fraction of sp³-hybridized carbons (Fsp3) is 0.390. The topological polar surface area (TPSA) is 163 Å². The molecule has 17 heteroatoms. The van der Waals surface area contributed by atoms with E-state index < -0.39 is 28.6 Å². The second-order valence-electron chi connectivity index (χ2n) is 15.8. The van der Waals surface area contributed by atoms with E-state index in [2.05, 4.69) is 9.97 Å². The Morgan fingerprint density at radius 3 is 2.40 bits per heavy atom. The van der Waals surface area contributed by atoms with Gasteiger partial charge in [-0.25, -0.2) is 14.0 Å². The van der Waals surface area contributed by atoms with Crippen LogP contribution in [0.5, 0.6) is 11.8 Å². The highest BCUT2D eigenvalue weighted by atomic mass is 35.5. The summed E-state index contributed by atoms with van der Waals surface area (Å²) < 4.78 is 39.8. The van der Waals surface area contributed by atoms with Gasteiger partial charge in [0.1, 0.15) is 41.1 Å². The van der Waals surface area contributed by atoms with Crippen molar-refractivity contribution < 1.29 is 37.9 Å². The molecule has 0 radical (unpaired) electrons. The fourth-order valence-electron chi connectivity index (χ4n) is 8.07. The first-order valence-corrected chi connectivity index (χ1v) is 19.4. The SMILES string of the molecule is CN1C[C@H](OC(=O)Oc2ccc([N+](=O)[O-])cc2)C[C@H]1COc1nc(N2CC3CCC(C2)N3C(=O)OC(C)(C)C)c2cnc(-c3cccc4cccc(Cl)c34)c(F)c2n1. The molecule has 2 bridgehead atoms. The minimum absolute atomic E-state index is 0.0194.